The number of nitrogens with zero attached hydrogens (tertiary/aromatic N) is 2. The van der Waals surface area contributed by atoms with Gasteiger partial charge >= 0.3 is 0 Å². The van der Waals surface area contributed by atoms with Crippen molar-refractivity contribution in [3.05, 3.63) is 66.4 Å². The van der Waals surface area contributed by atoms with Crippen LogP contribution < -0.4 is 10.6 Å². The van der Waals surface area contributed by atoms with Gasteiger partial charge in [0.25, 0.3) is 0 Å². The van der Waals surface area contributed by atoms with E-state index in [1.165, 1.54) is 16.5 Å². The maximum Gasteiger partial charge on any atom is 0.128 e. The molecule has 1 heterocycles. The standard InChI is InChI=1S/C18H19N3/c1-2-21(13-15-9-6-12-20-18(15)19)17-11-5-8-14-7-3-4-10-16(14)17/h3-12H,2,13H2,1H3,(H2,19,20). The number of nitrogen functional groups attached to an aromatic ring is 1. The molecule has 3 rings (SSSR count). The lowest BCUT2D eigenvalue weighted by Gasteiger charge is -2.25. The average Bonchev–Trinajstić information content (AvgIpc) is 2.54. The van der Waals surface area contributed by atoms with Crippen molar-refractivity contribution in [1.29, 1.82) is 0 Å². The minimum atomic E-state index is 0.608. The molecule has 0 aliphatic heterocycles. The fraction of sp³-hybridized carbons (Fsp3) is 0.167. The van der Waals surface area contributed by atoms with Gasteiger partial charge in [0.2, 0.25) is 0 Å². The molecule has 0 fully saturated rings. The smallest absolute Gasteiger partial charge is 0.128 e. The summed E-state index contributed by atoms with van der Waals surface area (Å²) in [5.74, 6) is 0.608. The van der Waals surface area contributed by atoms with E-state index in [4.69, 9.17) is 5.73 Å². The quantitative estimate of drug-likeness (QED) is 0.787. The van der Waals surface area contributed by atoms with Crippen molar-refractivity contribution < 1.29 is 0 Å². The van der Waals surface area contributed by atoms with Gasteiger partial charge in [-0.2, -0.15) is 0 Å². The molecule has 0 spiro atoms. The van der Waals surface area contributed by atoms with Crippen molar-refractivity contribution in [3.8, 4) is 0 Å². The Hall–Kier alpha value is -2.55. The van der Waals surface area contributed by atoms with Crippen molar-refractivity contribution in [2.75, 3.05) is 17.2 Å². The topological polar surface area (TPSA) is 42.2 Å². The van der Waals surface area contributed by atoms with Crippen molar-refractivity contribution in [2.24, 2.45) is 0 Å². The Balaban J connectivity index is 2.01. The van der Waals surface area contributed by atoms with Crippen molar-refractivity contribution in [2.45, 2.75) is 13.5 Å². The van der Waals surface area contributed by atoms with Crippen LogP contribution in [0.2, 0.25) is 0 Å². The summed E-state index contributed by atoms with van der Waals surface area (Å²) in [6, 6.07) is 18.8. The number of nitrogens with two attached hydrogens (primary N) is 1. The fourth-order valence-electron chi connectivity index (χ4n) is 2.64. The summed E-state index contributed by atoms with van der Waals surface area (Å²) < 4.78 is 0. The molecule has 0 radical (unpaired) electrons. The molecule has 2 aromatic carbocycles. The summed E-state index contributed by atoms with van der Waals surface area (Å²) in [4.78, 5) is 6.50. The van der Waals surface area contributed by atoms with E-state index in [0.29, 0.717) is 5.82 Å². The molecule has 1 aromatic heterocycles. The van der Waals surface area contributed by atoms with Gasteiger partial charge in [-0.1, -0.05) is 42.5 Å². The molecule has 0 atom stereocenters. The molecular weight excluding hydrogens is 258 g/mol. The van der Waals surface area contributed by atoms with Crippen LogP contribution in [0.1, 0.15) is 12.5 Å². The van der Waals surface area contributed by atoms with Gasteiger partial charge in [0, 0.05) is 35.9 Å². The highest BCUT2D eigenvalue weighted by Gasteiger charge is 2.10. The van der Waals surface area contributed by atoms with E-state index in [9.17, 15) is 0 Å². The zero-order chi connectivity index (χ0) is 14.7. The highest BCUT2D eigenvalue weighted by Crippen LogP contribution is 2.28. The molecule has 3 nitrogen and oxygen atoms in total. The minimum absolute atomic E-state index is 0.608. The average molecular weight is 277 g/mol. The summed E-state index contributed by atoms with van der Waals surface area (Å²) in [6.45, 7) is 3.85. The van der Waals surface area contributed by atoms with Crippen LogP contribution in [-0.2, 0) is 6.54 Å². The number of anilines is 2. The van der Waals surface area contributed by atoms with Crippen LogP contribution in [-0.4, -0.2) is 11.5 Å². The molecule has 21 heavy (non-hydrogen) atoms. The van der Waals surface area contributed by atoms with E-state index in [-0.39, 0.29) is 0 Å². The van der Waals surface area contributed by atoms with E-state index < -0.39 is 0 Å². The largest absolute Gasteiger partial charge is 0.383 e. The number of pyridine rings is 1. The molecule has 0 aliphatic rings. The highest BCUT2D eigenvalue weighted by atomic mass is 15.1. The van der Waals surface area contributed by atoms with Gasteiger partial charge in [0.1, 0.15) is 5.82 Å². The van der Waals surface area contributed by atoms with Crippen molar-refractivity contribution in [1.82, 2.24) is 4.98 Å². The lowest BCUT2D eigenvalue weighted by atomic mass is 10.1. The van der Waals surface area contributed by atoms with Crippen LogP contribution in [0.4, 0.5) is 11.5 Å². The number of hydrogen-bond acceptors (Lipinski definition) is 3. The Bertz CT molecular complexity index is 747. The second kappa shape index (κ2) is 5.83. The number of aromatic nitrogens is 1. The van der Waals surface area contributed by atoms with E-state index >= 15 is 0 Å². The predicted molar refractivity (Wildman–Crippen MR) is 89.3 cm³/mol. The van der Waals surface area contributed by atoms with Gasteiger partial charge in [-0.05, 0) is 24.4 Å². The lowest BCUT2D eigenvalue weighted by Crippen LogP contribution is -2.23. The molecular formula is C18H19N3. The fourth-order valence-corrected chi connectivity index (χ4v) is 2.64. The van der Waals surface area contributed by atoms with Crippen LogP contribution in [0.5, 0.6) is 0 Å². The molecule has 0 saturated carbocycles. The molecule has 106 valence electrons. The van der Waals surface area contributed by atoms with E-state index in [0.717, 1.165) is 18.7 Å². The first kappa shape index (κ1) is 13.4. The predicted octanol–water partition coefficient (Wildman–Crippen LogP) is 3.84. The van der Waals surface area contributed by atoms with Crippen LogP contribution in [0.15, 0.2) is 60.8 Å². The Morgan fingerprint density at radius 3 is 2.62 bits per heavy atom. The molecule has 0 amide bonds. The molecule has 0 aliphatic carbocycles. The first-order chi connectivity index (χ1) is 10.3. The van der Waals surface area contributed by atoms with Gasteiger partial charge in [-0.25, -0.2) is 4.98 Å². The summed E-state index contributed by atoms with van der Waals surface area (Å²) in [7, 11) is 0. The number of benzene rings is 2. The number of fused-ring (bicyclic) bond motifs is 1. The zero-order valence-corrected chi connectivity index (χ0v) is 12.2. The molecule has 3 heteroatoms. The Morgan fingerprint density at radius 2 is 1.81 bits per heavy atom. The Labute approximate surface area is 125 Å². The van der Waals surface area contributed by atoms with Crippen LogP contribution in [0, 0.1) is 0 Å². The van der Waals surface area contributed by atoms with Crippen LogP contribution >= 0.6 is 0 Å². The maximum atomic E-state index is 5.98. The number of hydrogen-bond donors (Lipinski definition) is 1. The van der Waals surface area contributed by atoms with Gasteiger partial charge in [0.15, 0.2) is 0 Å². The third kappa shape index (κ3) is 2.68. The third-order valence-corrected chi connectivity index (χ3v) is 3.78. The summed E-state index contributed by atoms with van der Waals surface area (Å²) in [5.41, 5.74) is 8.27. The van der Waals surface area contributed by atoms with Crippen molar-refractivity contribution in [3.63, 3.8) is 0 Å². The lowest BCUT2D eigenvalue weighted by molar-refractivity contribution is 0.834. The van der Waals surface area contributed by atoms with Gasteiger partial charge in [0.05, 0.1) is 0 Å². The Kier molecular flexibility index (Phi) is 3.73. The summed E-state index contributed by atoms with van der Waals surface area (Å²) >= 11 is 0. The van der Waals surface area contributed by atoms with E-state index in [1.807, 2.05) is 12.1 Å². The monoisotopic (exact) mass is 277 g/mol. The van der Waals surface area contributed by atoms with Gasteiger partial charge in [-0.15, -0.1) is 0 Å². The van der Waals surface area contributed by atoms with Gasteiger partial charge in [-0.3, -0.25) is 0 Å². The second-order valence-corrected chi connectivity index (χ2v) is 5.06. The molecule has 0 saturated heterocycles. The first-order valence-electron chi connectivity index (χ1n) is 7.21. The molecule has 0 unspecified atom stereocenters. The minimum Gasteiger partial charge on any atom is -0.383 e. The van der Waals surface area contributed by atoms with E-state index in [1.54, 1.807) is 6.20 Å². The normalized spacial score (nSPS) is 10.7. The zero-order valence-electron chi connectivity index (χ0n) is 12.2. The SMILES string of the molecule is CCN(Cc1cccnc1N)c1cccc2ccccc12. The maximum absolute atomic E-state index is 5.98. The van der Waals surface area contributed by atoms with E-state index in [2.05, 4.69) is 59.3 Å². The highest BCUT2D eigenvalue weighted by molar-refractivity contribution is 5.94. The summed E-state index contributed by atoms with van der Waals surface area (Å²) in [6.07, 6.45) is 1.73. The van der Waals surface area contributed by atoms with Crippen LogP contribution in [0.25, 0.3) is 10.8 Å². The van der Waals surface area contributed by atoms with Crippen molar-refractivity contribution >= 4 is 22.3 Å². The van der Waals surface area contributed by atoms with Gasteiger partial charge < -0.3 is 10.6 Å². The summed E-state index contributed by atoms with van der Waals surface area (Å²) in [5, 5.41) is 2.52. The van der Waals surface area contributed by atoms with Crippen LogP contribution in [0.3, 0.4) is 0 Å². The molecule has 3 aromatic rings. The third-order valence-electron chi connectivity index (χ3n) is 3.78. The molecule has 0 bridgehead atoms. The number of rotatable bonds is 4. The first-order valence-corrected chi connectivity index (χ1v) is 7.21. The second-order valence-electron chi connectivity index (χ2n) is 5.06. The molecule has 2 N–H and O–H groups in total. The Morgan fingerprint density at radius 1 is 1.00 bits per heavy atom.